The average Bonchev–Trinajstić information content (AvgIpc) is 2.91. The van der Waals surface area contributed by atoms with E-state index in [1.165, 1.54) is 11.0 Å². The predicted octanol–water partition coefficient (Wildman–Crippen LogP) is 3.52. The highest BCUT2D eigenvalue weighted by Gasteiger charge is 2.44. The molecule has 2 fully saturated rings. The molecule has 0 aliphatic carbocycles. The first-order valence-electron chi connectivity index (χ1n) is 8.33. The molecule has 1 amide bonds. The van der Waals surface area contributed by atoms with Crippen molar-refractivity contribution >= 4 is 6.09 Å². The zero-order valence-corrected chi connectivity index (χ0v) is 13.7. The van der Waals surface area contributed by atoms with Crippen molar-refractivity contribution in [3.8, 4) is 5.75 Å². The number of piperidine rings is 1. The van der Waals surface area contributed by atoms with Gasteiger partial charge >= 0.3 is 12.3 Å². The van der Waals surface area contributed by atoms with Crippen molar-refractivity contribution in [3.63, 3.8) is 0 Å². The van der Waals surface area contributed by atoms with Gasteiger partial charge in [-0.3, -0.25) is 4.90 Å². The van der Waals surface area contributed by atoms with Gasteiger partial charge in [-0.25, -0.2) is 4.79 Å². The van der Waals surface area contributed by atoms with Gasteiger partial charge in [0.2, 0.25) is 0 Å². The maximum absolute atomic E-state index is 12.7. The molecule has 2 aliphatic heterocycles. The van der Waals surface area contributed by atoms with Gasteiger partial charge in [-0.1, -0.05) is 6.07 Å². The molecular weight excluding hydrogens is 337 g/mol. The predicted molar refractivity (Wildman–Crippen MR) is 84.3 cm³/mol. The van der Waals surface area contributed by atoms with E-state index in [1.807, 2.05) is 0 Å². The lowest BCUT2D eigenvalue weighted by Crippen LogP contribution is -2.52. The van der Waals surface area contributed by atoms with Crippen LogP contribution >= 0.6 is 0 Å². The molecule has 1 spiro atoms. The lowest BCUT2D eigenvalue weighted by atomic mass is 9.85. The van der Waals surface area contributed by atoms with Crippen LogP contribution in [0, 0.1) is 0 Å². The molecule has 1 aromatic carbocycles. The fourth-order valence-corrected chi connectivity index (χ4v) is 4.00. The molecule has 3 rings (SSSR count). The van der Waals surface area contributed by atoms with Gasteiger partial charge in [0.15, 0.2) is 0 Å². The second-order valence-corrected chi connectivity index (χ2v) is 6.86. The second-order valence-electron chi connectivity index (χ2n) is 6.86. The van der Waals surface area contributed by atoms with Crippen LogP contribution in [0.25, 0.3) is 0 Å². The molecule has 0 unspecified atom stereocenters. The minimum atomic E-state index is -4.48. The minimum absolute atomic E-state index is 0.124. The van der Waals surface area contributed by atoms with Crippen molar-refractivity contribution in [2.75, 3.05) is 19.6 Å². The largest absolute Gasteiger partial charge is 0.508 e. The van der Waals surface area contributed by atoms with Gasteiger partial charge in [-0.2, -0.15) is 13.2 Å². The van der Waals surface area contributed by atoms with Crippen LogP contribution in [0.5, 0.6) is 5.75 Å². The number of halogens is 3. The van der Waals surface area contributed by atoms with Gasteiger partial charge in [0, 0.05) is 30.7 Å². The number of amides is 1. The molecule has 0 radical (unpaired) electrons. The van der Waals surface area contributed by atoms with Crippen molar-refractivity contribution in [2.45, 2.75) is 43.9 Å². The summed E-state index contributed by atoms with van der Waals surface area (Å²) in [5.41, 5.74) is -0.518. The number of phenolic OH excluding ortho intramolecular Hbond substituents is 1. The van der Waals surface area contributed by atoms with Crippen molar-refractivity contribution in [2.24, 2.45) is 0 Å². The van der Waals surface area contributed by atoms with E-state index in [9.17, 15) is 23.1 Å². The number of hydrogen-bond acceptors (Lipinski definition) is 3. The van der Waals surface area contributed by atoms with E-state index in [0.717, 1.165) is 31.5 Å². The molecule has 0 aromatic heterocycles. The molecule has 0 atom stereocenters. The summed E-state index contributed by atoms with van der Waals surface area (Å²) >= 11 is 0. The average molecular weight is 358 g/mol. The third-order valence-electron chi connectivity index (χ3n) is 5.48. The third-order valence-corrected chi connectivity index (χ3v) is 5.48. The Morgan fingerprint density at radius 2 is 1.84 bits per heavy atom. The molecule has 2 N–H and O–H groups in total. The molecule has 8 heteroatoms. The molecule has 2 saturated heterocycles. The topological polar surface area (TPSA) is 64.0 Å². The molecule has 0 saturated carbocycles. The highest BCUT2D eigenvalue weighted by atomic mass is 19.4. The molecule has 5 nitrogen and oxygen atoms in total. The van der Waals surface area contributed by atoms with E-state index in [2.05, 4.69) is 4.90 Å². The SMILES string of the molecule is O=C(O)N1CCC2(CCCN2Cc2ccc(C(F)(F)F)cc2O)CC1. The van der Waals surface area contributed by atoms with Crippen LogP contribution in [0.3, 0.4) is 0 Å². The Bertz CT molecular complexity index is 655. The first kappa shape index (κ1) is 17.8. The zero-order valence-electron chi connectivity index (χ0n) is 13.7. The highest BCUT2D eigenvalue weighted by molar-refractivity contribution is 5.65. The zero-order chi connectivity index (χ0) is 18.2. The first-order chi connectivity index (χ1) is 11.7. The van der Waals surface area contributed by atoms with Crippen molar-refractivity contribution < 1.29 is 28.2 Å². The Kier molecular flexibility index (Phi) is 4.57. The van der Waals surface area contributed by atoms with E-state index in [-0.39, 0.29) is 11.3 Å². The summed E-state index contributed by atoms with van der Waals surface area (Å²) < 4.78 is 38.2. The van der Waals surface area contributed by atoms with Crippen LogP contribution in [0.2, 0.25) is 0 Å². The normalized spacial score (nSPS) is 21.0. The third kappa shape index (κ3) is 3.53. The summed E-state index contributed by atoms with van der Waals surface area (Å²) in [4.78, 5) is 14.7. The van der Waals surface area contributed by atoms with E-state index in [0.29, 0.717) is 38.0 Å². The van der Waals surface area contributed by atoms with Crippen LogP contribution in [0.15, 0.2) is 18.2 Å². The van der Waals surface area contributed by atoms with E-state index in [1.54, 1.807) is 0 Å². The van der Waals surface area contributed by atoms with Gasteiger partial charge in [-0.05, 0) is 44.4 Å². The van der Waals surface area contributed by atoms with Gasteiger partial charge in [-0.15, -0.1) is 0 Å². The van der Waals surface area contributed by atoms with E-state index in [4.69, 9.17) is 5.11 Å². The summed E-state index contributed by atoms with van der Waals surface area (Å²) in [6, 6.07) is 3.09. The van der Waals surface area contributed by atoms with Crippen LogP contribution < -0.4 is 0 Å². The number of carbonyl (C=O) groups is 1. The highest BCUT2D eigenvalue weighted by Crippen LogP contribution is 2.40. The van der Waals surface area contributed by atoms with Crippen molar-refractivity contribution in [3.05, 3.63) is 29.3 Å². The maximum atomic E-state index is 12.7. The van der Waals surface area contributed by atoms with Crippen LogP contribution in [-0.2, 0) is 12.7 Å². The van der Waals surface area contributed by atoms with E-state index < -0.39 is 17.8 Å². The lowest BCUT2D eigenvalue weighted by Gasteiger charge is -2.44. The Labute approximate surface area is 143 Å². The number of phenols is 1. The summed E-state index contributed by atoms with van der Waals surface area (Å²) in [5.74, 6) is -0.347. The smallest absolute Gasteiger partial charge is 0.416 e. The van der Waals surface area contributed by atoms with Gasteiger partial charge in [0.05, 0.1) is 5.56 Å². The molecule has 2 aliphatic rings. The minimum Gasteiger partial charge on any atom is -0.508 e. The first-order valence-corrected chi connectivity index (χ1v) is 8.33. The number of rotatable bonds is 2. The molecular formula is C17H21F3N2O3. The monoisotopic (exact) mass is 358 g/mol. The fourth-order valence-electron chi connectivity index (χ4n) is 4.00. The molecule has 25 heavy (non-hydrogen) atoms. The number of likely N-dealkylation sites (tertiary alicyclic amines) is 2. The standard InChI is InChI=1S/C17H21F3N2O3/c18-17(19,20)13-3-2-12(14(23)10-13)11-22-7-1-4-16(22)5-8-21(9-6-16)15(24)25/h2-3,10,23H,1,4-9,11H2,(H,24,25). The van der Waals surface area contributed by atoms with Gasteiger partial charge < -0.3 is 15.1 Å². The molecule has 0 bridgehead atoms. The van der Waals surface area contributed by atoms with Gasteiger partial charge in [0.25, 0.3) is 0 Å². The number of alkyl halides is 3. The van der Waals surface area contributed by atoms with Crippen LogP contribution in [-0.4, -0.2) is 51.3 Å². The Morgan fingerprint density at radius 1 is 1.16 bits per heavy atom. The summed E-state index contributed by atoms with van der Waals surface area (Å²) in [6.07, 6.45) is -2.06. The summed E-state index contributed by atoms with van der Waals surface area (Å²) in [7, 11) is 0. The van der Waals surface area contributed by atoms with Crippen LogP contribution in [0.1, 0.15) is 36.8 Å². The number of carboxylic acid groups (broad SMARTS) is 1. The van der Waals surface area contributed by atoms with Crippen LogP contribution in [0.4, 0.5) is 18.0 Å². The second kappa shape index (κ2) is 6.40. The molecule has 1 aromatic rings. The van der Waals surface area contributed by atoms with Gasteiger partial charge in [0.1, 0.15) is 5.75 Å². The van der Waals surface area contributed by atoms with E-state index >= 15 is 0 Å². The number of aromatic hydroxyl groups is 1. The lowest BCUT2D eigenvalue weighted by molar-refractivity contribution is -0.137. The number of hydrogen-bond donors (Lipinski definition) is 2. The number of nitrogens with zero attached hydrogens (tertiary/aromatic N) is 2. The van der Waals surface area contributed by atoms with Crippen molar-refractivity contribution in [1.82, 2.24) is 9.80 Å². The summed E-state index contributed by atoms with van der Waals surface area (Å²) in [6.45, 7) is 2.10. The number of benzene rings is 1. The fraction of sp³-hybridized carbons (Fsp3) is 0.588. The Morgan fingerprint density at radius 3 is 2.40 bits per heavy atom. The molecule has 138 valence electrons. The Balaban J connectivity index is 1.73. The molecule has 2 heterocycles. The van der Waals surface area contributed by atoms with Crippen molar-refractivity contribution in [1.29, 1.82) is 0 Å². The maximum Gasteiger partial charge on any atom is 0.416 e. The quantitative estimate of drug-likeness (QED) is 0.849. The summed E-state index contributed by atoms with van der Waals surface area (Å²) in [5, 5.41) is 19.1. The Hall–Kier alpha value is -1.96.